The third-order valence-corrected chi connectivity index (χ3v) is 5.26. The van der Waals surface area contributed by atoms with Crippen LogP contribution < -0.4 is 0 Å². The van der Waals surface area contributed by atoms with E-state index in [0.717, 1.165) is 19.6 Å². The van der Waals surface area contributed by atoms with Gasteiger partial charge < -0.3 is 9.64 Å². The molecule has 0 bridgehead atoms. The number of esters is 1. The summed E-state index contributed by atoms with van der Waals surface area (Å²) in [6.45, 7) is 5.22. The maximum atomic E-state index is 12.6. The van der Waals surface area contributed by atoms with E-state index in [-0.39, 0.29) is 16.5 Å². The maximum absolute atomic E-state index is 12.6. The van der Waals surface area contributed by atoms with Crippen molar-refractivity contribution in [1.29, 1.82) is 0 Å². The van der Waals surface area contributed by atoms with Crippen LogP contribution in [0.3, 0.4) is 0 Å². The Hall–Kier alpha value is -2.08. The standard InChI is InChI=1S/C21H22Cl2N2O3/c1-15(28-21(27)18-8-7-17(22)13-19(18)23)20(26)25-11-9-24(10-12-25)14-16-5-3-2-4-6-16/h2-8,13,15H,9-12,14H2,1H3. The molecule has 1 aliphatic heterocycles. The fourth-order valence-corrected chi connectivity index (χ4v) is 3.64. The lowest BCUT2D eigenvalue weighted by molar-refractivity contribution is -0.141. The highest BCUT2D eigenvalue weighted by Crippen LogP contribution is 2.22. The van der Waals surface area contributed by atoms with Crippen LogP contribution in [0.15, 0.2) is 48.5 Å². The SMILES string of the molecule is CC(OC(=O)c1ccc(Cl)cc1Cl)C(=O)N1CCN(Cc2ccccc2)CC1. The molecule has 0 radical (unpaired) electrons. The van der Waals surface area contributed by atoms with Crippen LogP contribution in [0.4, 0.5) is 0 Å². The summed E-state index contributed by atoms with van der Waals surface area (Å²) in [6.07, 6.45) is -0.875. The van der Waals surface area contributed by atoms with E-state index >= 15 is 0 Å². The van der Waals surface area contributed by atoms with Gasteiger partial charge in [0.05, 0.1) is 10.6 Å². The Morgan fingerprint density at radius 2 is 1.71 bits per heavy atom. The van der Waals surface area contributed by atoms with Crippen LogP contribution in [-0.4, -0.2) is 54.0 Å². The number of carbonyl (C=O) groups excluding carboxylic acids is 2. The summed E-state index contributed by atoms with van der Waals surface area (Å²) in [7, 11) is 0. The first-order chi connectivity index (χ1) is 13.4. The molecule has 1 saturated heterocycles. The average Bonchev–Trinajstić information content (AvgIpc) is 2.68. The zero-order chi connectivity index (χ0) is 20.1. The molecule has 1 heterocycles. The zero-order valence-corrected chi connectivity index (χ0v) is 17.1. The van der Waals surface area contributed by atoms with Crippen molar-refractivity contribution in [3.8, 4) is 0 Å². The van der Waals surface area contributed by atoms with Crippen molar-refractivity contribution in [1.82, 2.24) is 9.80 Å². The topological polar surface area (TPSA) is 49.9 Å². The molecule has 0 spiro atoms. The smallest absolute Gasteiger partial charge is 0.340 e. The summed E-state index contributed by atoms with van der Waals surface area (Å²) in [5, 5.41) is 0.630. The molecule has 1 fully saturated rings. The molecular formula is C21H22Cl2N2O3. The molecule has 0 N–H and O–H groups in total. The number of piperazine rings is 1. The second-order valence-corrected chi connectivity index (χ2v) is 7.60. The quantitative estimate of drug-likeness (QED) is 0.688. The Kier molecular flexibility index (Phi) is 6.94. The first-order valence-electron chi connectivity index (χ1n) is 9.15. The lowest BCUT2D eigenvalue weighted by Gasteiger charge is -2.35. The number of amides is 1. The molecule has 0 aromatic heterocycles. The minimum absolute atomic E-state index is 0.193. The molecule has 5 nitrogen and oxygen atoms in total. The number of halogens is 2. The van der Waals surface area contributed by atoms with E-state index in [1.165, 1.54) is 17.7 Å². The predicted octanol–water partition coefficient (Wildman–Crippen LogP) is 3.88. The first-order valence-corrected chi connectivity index (χ1v) is 9.91. The van der Waals surface area contributed by atoms with Crippen LogP contribution in [0.2, 0.25) is 10.0 Å². The van der Waals surface area contributed by atoms with Crippen LogP contribution in [0.5, 0.6) is 0 Å². The van der Waals surface area contributed by atoms with Crippen LogP contribution in [0.1, 0.15) is 22.8 Å². The minimum Gasteiger partial charge on any atom is -0.449 e. The lowest BCUT2D eigenvalue weighted by Crippen LogP contribution is -2.51. The third kappa shape index (κ3) is 5.25. The van der Waals surface area contributed by atoms with Gasteiger partial charge in [0.15, 0.2) is 6.10 Å². The number of nitrogens with zero attached hydrogens (tertiary/aromatic N) is 2. The van der Waals surface area contributed by atoms with Crippen molar-refractivity contribution in [3.63, 3.8) is 0 Å². The van der Waals surface area contributed by atoms with Crippen molar-refractivity contribution in [2.45, 2.75) is 19.6 Å². The van der Waals surface area contributed by atoms with Crippen LogP contribution in [0.25, 0.3) is 0 Å². The highest BCUT2D eigenvalue weighted by molar-refractivity contribution is 6.36. The Morgan fingerprint density at radius 1 is 1.04 bits per heavy atom. The largest absolute Gasteiger partial charge is 0.449 e. The second-order valence-electron chi connectivity index (χ2n) is 6.76. The molecule has 28 heavy (non-hydrogen) atoms. The molecule has 1 aliphatic rings. The summed E-state index contributed by atoms with van der Waals surface area (Å²) < 4.78 is 5.32. The van der Waals surface area contributed by atoms with Gasteiger partial charge in [-0.1, -0.05) is 53.5 Å². The Bertz CT molecular complexity index is 837. The molecule has 1 atom stereocenters. The molecule has 0 aliphatic carbocycles. The Morgan fingerprint density at radius 3 is 2.36 bits per heavy atom. The van der Waals surface area contributed by atoms with Gasteiger partial charge in [0.1, 0.15) is 0 Å². The van der Waals surface area contributed by atoms with Gasteiger partial charge in [0, 0.05) is 37.7 Å². The lowest BCUT2D eigenvalue weighted by atomic mass is 10.2. The molecule has 148 valence electrons. The molecular weight excluding hydrogens is 399 g/mol. The Labute approximate surface area is 174 Å². The number of ether oxygens (including phenoxy) is 1. The van der Waals surface area contributed by atoms with Crippen molar-refractivity contribution in [3.05, 3.63) is 69.7 Å². The fourth-order valence-electron chi connectivity index (χ4n) is 3.15. The molecule has 3 rings (SSSR count). The van der Waals surface area contributed by atoms with Gasteiger partial charge in [0.25, 0.3) is 5.91 Å². The van der Waals surface area contributed by atoms with Gasteiger partial charge in [-0.25, -0.2) is 4.79 Å². The monoisotopic (exact) mass is 420 g/mol. The van der Waals surface area contributed by atoms with Crippen molar-refractivity contribution >= 4 is 35.1 Å². The van der Waals surface area contributed by atoms with E-state index in [9.17, 15) is 9.59 Å². The number of hydrogen-bond acceptors (Lipinski definition) is 4. The summed E-state index contributed by atoms with van der Waals surface area (Å²) >= 11 is 11.9. The molecule has 0 saturated carbocycles. The highest BCUT2D eigenvalue weighted by atomic mass is 35.5. The summed E-state index contributed by atoms with van der Waals surface area (Å²) in [6, 6.07) is 14.8. The summed E-state index contributed by atoms with van der Waals surface area (Å²) in [4.78, 5) is 29.0. The van der Waals surface area contributed by atoms with E-state index in [1.54, 1.807) is 17.9 Å². The van der Waals surface area contributed by atoms with Gasteiger partial charge in [-0.05, 0) is 30.7 Å². The summed E-state index contributed by atoms with van der Waals surface area (Å²) in [5.74, 6) is -0.831. The minimum atomic E-state index is -0.875. The maximum Gasteiger partial charge on any atom is 0.340 e. The van der Waals surface area contributed by atoms with E-state index in [0.29, 0.717) is 18.1 Å². The zero-order valence-electron chi connectivity index (χ0n) is 15.6. The number of carbonyl (C=O) groups is 2. The average molecular weight is 421 g/mol. The van der Waals surface area contributed by atoms with E-state index in [4.69, 9.17) is 27.9 Å². The van der Waals surface area contributed by atoms with E-state index in [1.807, 2.05) is 18.2 Å². The van der Waals surface area contributed by atoms with Crippen LogP contribution in [-0.2, 0) is 16.1 Å². The van der Waals surface area contributed by atoms with Crippen molar-refractivity contribution < 1.29 is 14.3 Å². The van der Waals surface area contributed by atoms with Gasteiger partial charge in [-0.3, -0.25) is 9.69 Å². The molecule has 7 heteroatoms. The van der Waals surface area contributed by atoms with Gasteiger partial charge in [-0.2, -0.15) is 0 Å². The van der Waals surface area contributed by atoms with Crippen LogP contribution >= 0.6 is 23.2 Å². The molecule has 1 amide bonds. The Balaban J connectivity index is 1.51. The van der Waals surface area contributed by atoms with E-state index < -0.39 is 12.1 Å². The number of hydrogen-bond donors (Lipinski definition) is 0. The summed E-state index contributed by atoms with van der Waals surface area (Å²) in [5.41, 5.74) is 1.45. The molecule has 1 unspecified atom stereocenters. The van der Waals surface area contributed by atoms with Crippen molar-refractivity contribution in [2.24, 2.45) is 0 Å². The van der Waals surface area contributed by atoms with Gasteiger partial charge in [-0.15, -0.1) is 0 Å². The second kappa shape index (κ2) is 9.41. The highest BCUT2D eigenvalue weighted by Gasteiger charge is 2.28. The predicted molar refractivity (Wildman–Crippen MR) is 110 cm³/mol. The van der Waals surface area contributed by atoms with Gasteiger partial charge in [0.2, 0.25) is 0 Å². The third-order valence-electron chi connectivity index (χ3n) is 4.72. The van der Waals surface area contributed by atoms with E-state index in [2.05, 4.69) is 17.0 Å². The fraction of sp³-hybridized carbons (Fsp3) is 0.333. The number of benzene rings is 2. The molecule has 2 aromatic carbocycles. The van der Waals surface area contributed by atoms with Crippen molar-refractivity contribution in [2.75, 3.05) is 26.2 Å². The normalized spacial score (nSPS) is 15.9. The molecule has 2 aromatic rings. The van der Waals surface area contributed by atoms with Crippen LogP contribution in [0, 0.1) is 0 Å². The number of rotatable bonds is 5. The first kappa shape index (κ1) is 20.6. The van der Waals surface area contributed by atoms with Gasteiger partial charge >= 0.3 is 5.97 Å².